The molecule has 0 aromatic heterocycles. The van der Waals surface area contributed by atoms with E-state index in [4.69, 9.17) is 4.74 Å². The van der Waals surface area contributed by atoms with Gasteiger partial charge in [0.2, 0.25) is 0 Å². The molecule has 0 spiro atoms. The van der Waals surface area contributed by atoms with Crippen molar-refractivity contribution in [3.8, 4) is 11.5 Å². The molecule has 2 nitrogen and oxygen atoms in total. The molecule has 0 heterocycles. The molecule has 0 radical (unpaired) electrons. The lowest BCUT2D eigenvalue weighted by molar-refractivity contribution is 0.0526. The number of esters is 1. The van der Waals surface area contributed by atoms with Gasteiger partial charge >= 0.3 is 5.97 Å². The van der Waals surface area contributed by atoms with Gasteiger partial charge in [0.15, 0.2) is 0 Å². The summed E-state index contributed by atoms with van der Waals surface area (Å²) < 4.78 is 5.01. The molecule has 0 atom stereocenters. The molecule has 23 heavy (non-hydrogen) atoms. The van der Waals surface area contributed by atoms with Crippen LogP contribution in [0.5, 0.6) is 0 Å². The largest absolute Gasteiger partial charge is 0.462 e. The van der Waals surface area contributed by atoms with Crippen LogP contribution in [0, 0.1) is 11.5 Å². The Hall–Kier alpha value is -1.53. The Bertz CT molecular complexity index is 552. The van der Waals surface area contributed by atoms with Crippen LogP contribution in [-0.4, -0.2) is 20.7 Å². The van der Waals surface area contributed by atoms with Gasteiger partial charge in [0.1, 0.15) is 8.07 Å². The average molecular weight is 331 g/mol. The van der Waals surface area contributed by atoms with E-state index in [0.29, 0.717) is 28.8 Å². The second kappa shape index (κ2) is 8.36. The fraction of sp³-hybridized carbons (Fsp3) is 0.550. The van der Waals surface area contributed by atoms with Crippen molar-refractivity contribution in [3.05, 3.63) is 35.4 Å². The van der Waals surface area contributed by atoms with Crippen LogP contribution in [-0.2, 0) is 4.74 Å². The Kier molecular flexibility index (Phi) is 7.09. The molecule has 126 valence electrons. The first-order valence-electron chi connectivity index (χ1n) is 8.56. The highest BCUT2D eigenvalue weighted by atomic mass is 28.3. The molecular weight excluding hydrogens is 300 g/mol. The minimum absolute atomic E-state index is 0.276. The van der Waals surface area contributed by atoms with Crippen LogP contribution in [0.3, 0.4) is 0 Å². The summed E-state index contributed by atoms with van der Waals surface area (Å²) in [4.78, 5) is 11.7. The summed E-state index contributed by atoms with van der Waals surface area (Å²) in [7, 11) is -1.71. The van der Waals surface area contributed by atoms with Crippen LogP contribution in [0.25, 0.3) is 0 Å². The van der Waals surface area contributed by atoms with Gasteiger partial charge in [-0.15, -0.1) is 5.54 Å². The fourth-order valence-corrected chi connectivity index (χ4v) is 8.74. The summed E-state index contributed by atoms with van der Waals surface area (Å²) in [5, 5.41) is 0. The lowest BCUT2D eigenvalue weighted by atomic mass is 10.1. The second-order valence-corrected chi connectivity index (χ2v) is 12.5. The maximum atomic E-state index is 11.7. The van der Waals surface area contributed by atoms with Crippen molar-refractivity contribution < 1.29 is 9.53 Å². The summed E-state index contributed by atoms with van der Waals surface area (Å²) in [5.74, 6) is 3.11. The average Bonchev–Trinajstić information content (AvgIpc) is 2.47. The quantitative estimate of drug-likeness (QED) is 0.408. The molecule has 0 bridgehead atoms. The first-order chi connectivity index (χ1) is 10.8. The first kappa shape index (κ1) is 19.5. The van der Waals surface area contributed by atoms with Gasteiger partial charge in [-0.1, -0.05) is 47.5 Å². The minimum Gasteiger partial charge on any atom is -0.462 e. The lowest BCUT2D eigenvalue weighted by Crippen LogP contribution is -2.43. The van der Waals surface area contributed by atoms with Crippen LogP contribution in [0.15, 0.2) is 24.3 Å². The number of hydrogen-bond acceptors (Lipinski definition) is 2. The lowest BCUT2D eigenvalue weighted by Gasteiger charge is -2.38. The van der Waals surface area contributed by atoms with Crippen LogP contribution in [0.4, 0.5) is 0 Å². The molecule has 1 aromatic carbocycles. The zero-order valence-corrected chi connectivity index (χ0v) is 16.6. The van der Waals surface area contributed by atoms with E-state index in [0.717, 1.165) is 5.56 Å². The monoisotopic (exact) mass is 330 g/mol. The van der Waals surface area contributed by atoms with Crippen molar-refractivity contribution in [1.29, 1.82) is 0 Å². The normalized spacial score (nSPS) is 11.6. The van der Waals surface area contributed by atoms with E-state index < -0.39 is 8.07 Å². The third-order valence-electron chi connectivity index (χ3n) is 4.69. The summed E-state index contributed by atoms with van der Waals surface area (Å²) in [6.45, 7) is 16.1. The Morgan fingerprint density at radius 3 is 1.87 bits per heavy atom. The molecule has 1 aromatic rings. The van der Waals surface area contributed by atoms with Gasteiger partial charge in [-0.25, -0.2) is 4.79 Å². The van der Waals surface area contributed by atoms with Crippen molar-refractivity contribution in [1.82, 2.24) is 0 Å². The first-order valence-corrected chi connectivity index (χ1v) is 10.8. The van der Waals surface area contributed by atoms with Gasteiger partial charge in [-0.3, -0.25) is 0 Å². The van der Waals surface area contributed by atoms with Gasteiger partial charge in [0.25, 0.3) is 0 Å². The van der Waals surface area contributed by atoms with Crippen LogP contribution < -0.4 is 0 Å². The Morgan fingerprint density at radius 1 is 1.00 bits per heavy atom. The summed E-state index contributed by atoms with van der Waals surface area (Å²) in [5.41, 5.74) is 7.10. The molecule has 0 aliphatic carbocycles. The zero-order valence-electron chi connectivity index (χ0n) is 15.6. The van der Waals surface area contributed by atoms with Gasteiger partial charge < -0.3 is 4.74 Å². The third kappa shape index (κ3) is 4.48. The number of ether oxygens (including phenoxy) is 1. The maximum absolute atomic E-state index is 11.7. The molecular formula is C20H30O2Si. The predicted molar refractivity (Wildman–Crippen MR) is 100 cm³/mol. The maximum Gasteiger partial charge on any atom is 0.338 e. The molecule has 0 amide bonds. The summed E-state index contributed by atoms with van der Waals surface area (Å²) >= 11 is 0. The highest BCUT2D eigenvalue weighted by molar-refractivity contribution is 6.90. The van der Waals surface area contributed by atoms with E-state index in [1.54, 1.807) is 12.1 Å². The van der Waals surface area contributed by atoms with E-state index in [1.165, 1.54) is 0 Å². The molecule has 1 rings (SSSR count). The number of carbonyl (C=O) groups excluding carboxylic acids is 1. The molecule has 0 unspecified atom stereocenters. The number of benzene rings is 1. The highest BCUT2D eigenvalue weighted by Crippen LogP contribution is 2.40. The van der Waals surface area contributed by atoms with E-state index >= 15 is 0 Å². The van der Waals surface area contributed by atoms with E-state index in [2.05, 4.69) is 53.0 Å². The molecule has 0 aliphatic heterocycles. The zero-order chi connectivity index (χ0) is 17.6. The molecule has 0 saturated carbocycles. The second-order valence-electron chi connectivity index (χ2n) is 6.94. The van der Waals surface area contributed by atoms with Crippen molar-refractivity contribution in [2.24, 2.45) is 0 Å². The van der Waals surface area contributed by atoms with Gasteiger partial charge in [0, 0.05) is 5.56 Å². The van der Waals surface area contributed by atoms with E-state index in [-0.39, 0.29) is 5.97 Å². The van der Waals surface area contributed by atoms with Crippen molar-refractivity contribution in [2.75, 3.05) is 6.61 Å². The van der Waals surface area contributed by atoms with Crippen molar-refractivity contribution in [3.63, 3.8) is 0 Å². The van der Waals surface area contributed by atoms with Crippen LogP contribution >= 0.6 is 0 Å². The van der Waals surface area contributed by atoms with Crippen molar-refractivity contribution >= 4 is 14.0 Å². The van der Waals surface area contributed by atoms with Crippen LogP contribution in [0.2, 0.25) is 16.6 Å². The van der Waals surface area contributed by atoms with Crippen LogP contribution in [0.1, 0.15) is 64.4 Å². The number of rotatable bonds is 5. The van der Waals surface area contributed by atoms with Crippen molar-refractivity contribution in [2.45, 2.75) is 65.1 Å². The highest BCUT2D eigenvalue weighted by Gasteiger charge is 2.41. The standard InChI is InChI=1S/C20H30O2Si/c1-8-22-20(21)19-11-9-18(10-12-19)13-14-23(15(2)3,16(4)5)17(6)7/h9-12,15-17H,8H2,1-7H3. The minimum atomic E-state index is -1.71. The fourth-order valence-electron chi connectivity index (χ4n) is 3.52. The van der Waals surface area contributed by atoms with Gasteiger partial charge in [-0.2, -0.15) is 0 Å². The Balaban J connectivity index is 3.11. The molecule has 0 N–H and O–H groups in total. The van der Waals surface area contributed by atoms with E-state index in [9.17, 15) is 4.79 Å². The topological polar surface area (TPSA) is 26.3 Å². The number of hydrogen-bond donors (Lipinski definition) is 0. The molecule has 0 saturated heterocycles. The number of carbonyl (C=O) groups is 1. The van der Waals surface area contributed by atoms with Gasteiger partial charge in [0.05, 0.1) is 12.2 Å². The Labute approximate surface area is 142 Å². The SMILES string of the molecule is CCOC(=O)c1ccc(C#C[Si](C(C)C)(C(C)C)C(C)C)cc1. The smallest absolute Gasteiger partial charge is 0.338 e. The molecule has 0 aliphatic rings. The molecule has 3 heteroatoms. The molecule has 0 fully saturated rings. The van der Waals surface area contributed by atoms with E-state index in [1.807, 2.05) is 19.1 Å². The third-order valence-corrected chi connectivity index (χ3v) is 11.0. The summed E-state index contributed by atoms with van der Waals surface area (Å²) in [6, 6.07) is 7.43. The summed E-state index contributed by atoms with van der Waals surface area (Å²) in [6.07, 6.45) is 0. The Morgan fingerprint density at radius 2 is 1.48 bits per heavy atom. The predicted octanol–water partition coefficient (Wildman–Crippen LogP) is 5.43. The van der Waals surface area contributed by atoms with Gasteiger partial charge in [-0.05, 0) is 47.8 Å².